The minimum Gasteiger partial charge on any atom is -0.493 e. The number of aromatic nitrogens is 1. The summed E-state index contributed by atoms with van der Waals surface area (Å²) in [6.45, 7) is 14.3. The van der Waals surface area contributed by atoms with Crippen molar-refractivity contribution in [2.75, 3.05) is 46.2 Å². The van der Waals surface area contributed by atoms with E-state index in [0.717, 1.165) is 31.6 Å². The maximum Gasteiger partial charge on any atom is 0.232 e. The zero-order chi connectivity index (χ0) is 26.0. The molecule has 2 rings (SSSR count). The number of hydrogen-bond acceptors (Lipinski definition) is 7. The Hall–Kier alpha value is -2.39. The Morgan fingerprint density at radius 2 is 1.77 bits per heavy atom. The Kier molecular flexibility index (Phi) is 11.7. The lowest BCUT2D eigenvalue weighted by Gasteiger charge is -2.26. The first-order valence-corrected chi connectivity index (χ1v) is 13.6. The van der Waals surface area contributed by atoms with Crippen LogP contribution in [0.3, 0.4) is 0 Å². The Morgan fingerprint density at radius 3 is 2.37 bits per heavy atom. The molecule has 8 nitrogen and oxygen atoms in total. The number of aryl methyl sites for hydroxylation is 1. The van der Waals surface area contributed by atoms with Crippen LogP contribution in [0.15, 0.2) is 22.6 Å². The van der Waals surface area contributed by atoms with Gasteiger partial charge in [-0.3, -0.25) is 9.00 Å². The van der Waals surface area contributed by atoms with E-state index >= 15 is 0 Å². The van der Waals surface area contributed by atoms with E-state index in [1.807, 2.05) is 6.07 Å². The molecule has 1 heterocycles. The van der Waals surface area contributed by atoms with Gasteiger partial charge >= 0.3 is 0 Å². The molecular formula is C26H41N3O5S. The van der Waals surface area contributed by atoms with Gasteiger partial charge in [-0.15, -0.1) is 0 Å². The first-order chi connectivity index (χ1) is 16.6. The van der Waals surface area contributed by atoms with Gasteiger partial charge in [0.15, 0.2) is 11.5 Å². The molecular weight excluding hydrogens is 466 g/mol. The van der Waals surface area contributed by atoms with Crippen molar-refractivity contribution in [2.45, 2.75) is 46.8 Å². The Labute approximate surface area is 212 Å². The summed E-state index contributed by atoms with van der Waals surface area (Å²) in [6.07, 6.45) is 0.870. The van der Waals surface area contributed by atoms with E-state index in [9.17, 15) is 9.00 Å². The van der Waals surface area contributed by atoms with Gasteiger partial charge < -0.3 is 24.1 Å². The second-order valence-electron chi connectivity index (χ2n) is 9.57. The zero-order valence-electron chi connectivity index (χ0n) is 22.2. The van der Waals surface area contributed by atoms with Crippen molar-refractivity contribution in [2.24, 2.45) is 11.8 Å². The van der Waals surface area contributed by atoms with Crippen LogP contribution in [0, 0.1) is 18.8 Å². The number of rotatable bonds is 15. The summed E-state index contributed by atoms with van der Waals surface area (Å²) in [5.41, 5.74) is 1.31. The van der Waals surface area contributed by atoms with Crippen LogP contribution in [0.1, 0.15) is 45.6 Å². The molecule has 2 aromatic rings. The normalized spacial score (nSPS) is 12.4. The van der Waals surface area contributed by atoms with Gasteiger partial charge in [0.25, 0.3) is 0 Å². The molecule has 1 aromatic heterocycles. The molecule has 0 aliphatic heterocycles. The lowest BCUT2D eigenvalue weighted by atomic mass is 10.1. The van der Waals surface area contributed by atoms with Crippen LogP contribution in [0.2, 0.25) is 0 Å². The quantitative estimate of drug-likeness (QED) is 0.364. The molecule has 0 bridgehead atoms. The van der Waals surface area contributed by atoms with Crippen LogP contribution in [0.4, 0.5) is 0 Å². The van der Waals surface area contributed by atoms with Crippen LogP contribution in [-0.4, -0.2) is 66.2 Å². The number of ether oxygens (including phenoxy) is 2. The summed E-state index contributed by atoms with van der Waals surface area (Å²) in [4.78, 5) is 19.3. The highest BCUT2D eigenvalue weighted by molar-refractivity contribution is 7.84. The van der Waals surface area contributed by atoms with Crippen LogP contribution in [-0.2, 0) is 21.3 Å². The van der Waals surface area contributed by atoms with E-state index in [2.05, 4.69) is 42.9 Å². The number of nitrogens with zero attached hydrogens (tertiary/aromatic N) is 2. The minimum atomic E-state index is -1.38. The molecule has 1 aromatic carbocycles. The molecule has 1 amide bonds. The number of benzene rings is 1. The Bertz CT molecular complexity index is 964. The first kappa shape index (κ1) is 28.8. The Morgan fingerprint density at radius 1 is 1.11 bits per heavy atom. The van der Waals surface area contributed by atoms with Crippen molar-refractivity contribution in [3.05, 3.63) is 29.7 Å². The fourth-order valence-electron chi connectivity index (χ4n) is 3.88. The van der Waals surface area contributed by atoms with Crippen LogP contribution < -0.4 is 14.8 Å². The molecule has 0 spiro atoms. The van der Waals surface area contributed by atoms with Crippen LogP contribution >= 0.6 is 0 Å². The summed E-state index contributed by atoms with van der Waals surface area (Å²) in [5.74, 6) is 3.29. The standard InChI is InChI=1S/C26H41N3O5S/c1-18(2)14-29(15-19(3)4)12-8-11-27-25(30)17-35(31)16-22-20(5)34-26(28-22)21-9-10-23(32-6)24(13-21)33-7/h9-10,13,18-19H,8,11-12,14-17H2,1-7H3,(H,27,30)/t35-/m0/s1. The largest absolute Gasteiger partial charge is 0.493 e. The highest BCUT2D eigenvalue weighted by atomic mass is 32.2. The maximum atomic E-state index is 12.6. The second kappa shape index (κ2) is 14.2. The third-order valence-electron chi connectivity index (χ3n) is 5.33. The van der Waals surface area contributed by atoms with Gasteiger partial charge in [0.1, 0.15) is 11.5 Å². The number of carbonyl (C=O) groups is 1. The van der Waals surface area contributed by atoms with Crippen molar-refractivity contribution in [3.63, 3.8) is 0 Å². The molecule has 0 unspecified atom stereocenters. The van der Waals surface area contributed by atoms with Gasteiger partial charge in [-0.1, -0.05) is 27.7 Å². The lowest BCUT2D eigenvalue weighted by Crippen LogP contribution is -2.35. The number of hydrogen-bond donors (Lipinski definition) is 1. The predicted octanol–water partition coefficient (Wildman–Crippen LogP) is 4.04. The number of carbonyl (C=O) groups excluding carboxylic acids is 1. The molecule has 0 saturated carbocycles. The van der Waals surface area contributed by atoms with Crippen LogP contribution in [0.5, 0.6) is 11.5 Å². The molecule has 196 valence electrons. The second-order valence-corrected chi connectivity index (χ2v) is 11.0. The lowest BCUT2D eigenvalue weighted by molar-refractivity contribution is -0.118. The molecule has 0 fully saturated rings. The van der Waals surface area contributed by atoms with E-state index < -0.39 is 10.8 Å². The third kappa shape index (κ3) is 9.64. The highest BCUT2D eigenvalue weighted by Crippen LogP contribution is 2.32. The van der Waals surface area contributed by atoms with Crippen molar-refractivity contribution < 1.29 is 22.9 Å². The molecule has 1 N–H and O–H groups in total. The van der Waals surface area contributed by atoms with E-state index in [1.165, 1.54) is 0 Å². The summed E-state index contributed by atoms with van der Waals surface area (Å²) in [6, 6.07) is 5.38. The summed E-state index contributed by atoms with van der Waals surface area (Å²) >= 11 is 0. The molecule has 0 aliphatic rings. The predicted molar refractivity (Wildman–Crippen MR) is 140 cm³/mol. The smallest absolute Gasteiger partial charge is 0.232 e. The number of methoxy groups -OCH3 is 2. The molecule has 0 aliphatic carbocycles. The van der Waals surface area contributed by atoms with Crippen LogP contribution in [0.25, 0.3) is 11.5 Å². The Balaban J connectivity index is 1.85. The third-order valence-corrected chi connectivity index (χ3v) is 6.51. The highest BCUT2D eigenvalue weighted by Gasteiger charge is 2.17. The average Bonchev–Trinajstić information content (AvgIpc) is 3.15. The number of oxazole rings is 1. The molecule has 35 heavy (non-hydrogen) atoms. The molecule has 1 atom stereocenters. The van der Waals surface area contributed by atoms with Gasteiger partial charge in [0.05, 0.1) is 25.7 Å². The molecule has 0 radical (unpaired) electrons. The summed E-state index contributed by atoms with van der Waals surface area (Å²) < 4.78 is 29.0. The first-order valence-electron chi connectivity index (χ1n) is 12.2. The topological polar surface area (TPSA) is 93.9 Å². The monoisotopic (exact) mass is 507 g/mol. The fraction of sp³-hybridized carbons (Fsp3) is 0.615. The van der Waals surface area contributed by atoms with Gasteiger partial charge in [-0.05, 0) is 49.9 Å². The van der Waals surface area contributed by atoms with Gasteiger partial charge in [0.2, 0.25) is 11.8 Å². The van der Waals surface area contributed by atoms with Gasteiger partial charge in [-0.25, -0.2) is 4.98 Å². The average molecular weight is 508 g/mol. The van der Waals surface area contributed by atoms with E-state index in [4.69, 9.17) is 13.9 Å². The van der Waals surface area contributed by atoms with Crippen molar-refractivity contribution in [1.29, 1.82) is 0 Å². The van der Waals surface area contributed by atoms with Gasteiger partial charge in [0, 0.05) is 36.0 Å². The molecule has 0 saturated heterocycles. The fourth-order valence-corrected chi connectivity index (χ4v) is 4.95. The summed E-state index contributed by atoms with van der Waals surface area (Å²) in [7, 11) is 1.75. The molecule has 9 heteroatoms. The van der Waals surface area contributed by atoms with E-state index in [-0.39, 0.29) is 17.4 Å². The maximum absolute atomic E-state index is 12.6. The van der Waals surface area contributed by atoms with Crippen molar-refractivity contribution >= 4 is 16.7 Å². The van der Waals surface area contributed by atoms with E-state index in [1.54, 1.807) is 33.3 Å². The number of nitrogens with one attached hydrogen (secondary N) is 1. The summed E-state index contributed by atoms with van der Waals surface area (Å²) in [5, 5.41) is 2.90. The van der Waals surface area contributed by atoms with Gasteiger partial charge in [-0.2, -0.15) is 0 Å². The minimum absolute atomic E-state index is 0.0559. The SMILES string of the molecule is COc1ccc(-c2nc(C[S@](=O)CC(=O)NCCCN(CC(C)C)CC(C)C)c(C)o2)cc1OC. The van der Waals surface area contributed by atoms with Crippen molar-refractivity contribution in [1.82, 2.24) is 15.2 Å². The zero-order valence-corrected chi connectivity index (χ0v) is 23.0. The number of amides is 1. The van der Waals surface area contributed by atoms with E-state index in [0.29, 0.717) is 47.2 Å². The van der Waals surface area contributed by atoms with Crippen molar-refractivity contribution in [3.8, 4) is 23.0 Å².